The largest absolute Gasteiger partial charge is 0.342 e. The summed E-state index contributed by atoms with van der Waals surface area (Å²) in [6.45, 7) is 3.84. The third-order valence-corrected chi connectivity index (χ3v) is 6.26. The second-order valence-electron chi connectivity index (χ2n) is 8.34. The Morgan fingerprint density at radius 1 is 1.00 bits per heavy atom. The summed E-state index contributed by atoms with van der Waals surface area (Å²) in [4.78, 5) is 30.6. The highest BCUT2D eigenvalue weighted by atomic mass is 16.2. The lowest BCUT2D eigenvalue weighted by Crippen LogP contribution is -2.45. The lowest BCUT2D eigenvalue weighted by molar-refractivity contribution is -0.138. The minimum atomic E-state index is 0.231. The molecule has 0 N–H and O–H groups in total. The van der Waals surface area contributed by atoms with Gasteiger partial charge in [0, 0.05) is 32.3 Å². The van der Waals surface area contributed by atoms with Crippen LogP contribution in [0.3, 0.4) is 0 Å². The van der Waals surface area contributed by atoms with Crippen LogP contribution in [0.15, 0.2) is 24.9 Å². The van der Waals surface area contributed by atoms with Gasteiger partial charge in [-0.15, -0.1) is 0 Å². The van der Waals surface area contributed by atoms with Gasteiger partial charge >= 0.3 is 0 Å². The van der Waals surface area contributed by atoms with E-state index in [1.165, 1.54) is 0 Å². The van der Waals surface area contributed by atoms with E-state index in [1.54, 1.807) is 12.5 Å². The van der Waals surface area contributed by atoms with Gasteiger partial charge in [-0.05, 0) is 58.2 Å². The van der Waals surface area contributed by atoms with Gasteiger partial charge in [-0.1, -0.05) is 0 Å². The minimum Gasteiger partial charge on any atom is -0.342 e. The highest BCUT2D eigenvalue weighted by molar-refractivity contribution is 5.79. The topological polar surface area (TPSA) is 67.2 Å². The first-order chi connectivity index (χ1) is 13.6. The number of likely N-dealkylation sites (tertiary alicyclic amines) is 2. The number of carbonyl (C=O) groups is 1. The highest BCUT2D eigenvalue weighted by Gasteiger charge is 2.30. The van der Waals surface area contributed by atoms with Gasteiger partial charge in [0.15, 0.2) is 0 Å². The van der Waals surface area contributed by atoms with Crippen LogP contribution in [0, 0.1) is 11.8 Å². The summed E-state index contributed by atoms with van der Waals surface area (Å²) in [5.41, 5.74) is 2.87. The normalized spacial score (nSPS) is 19.9. The Hall–Kier alpha value is -2.28. The van der Waals surface area contributed by atoms with Gasteiger partial charge in [-0.3, -0.25) is 9.78 Å². The minimum absolute atomic E-state index is 0.231. The number of nitrogens with zero attached hydrogens (tertiary/aromatic N) is 6. The molecule has 0 unspecified atom stereocenters. The number of piperidine rings is 2. The van der Waals surface area contributed by atoms with Gasteiger partial charge < -0.3 is 14.4 Å². The van der Waals surface area contributed by atoms with Crippen LogP contribution >= 0.6 is 0 Å². The van der Waals surface area contributed by atoms with Crippen molar-refractivity contribution in [3.8, 4) is 11.4 Å². The first-order valence-corrected chi connectivity index (χ1v) is 10.3. The second-order valence-corrected chi connectivity index (χ2v) is 8.34. The average molecular weight is 383 g/mol. The van der Waals surface area contributed by atoms with Crippen LogP contribution in [0.2, 0.25) is 0 Å². The van der Waals surface area contributed by atoms with E-state index < -0.39 is 0 Å². The van der Waals surface area contributed by atoms with E-state index in [0.29, 0.717) is 11.8 Å². The smallest absolute Gasteiger partial charge is 0.225 e. The molecule has 0 aromatic carbocycles. The first-order valence-electron chi connectivity index (χ1n) is 10.3. The number of rotatable bonds is 4. The van der Waals surface area contributed by atoms with Crippen LogP contribution in [-0.2, 0) is 18.3 Å². The Morgan fingerprint density at radius 3 is 2.43 bits per heavy atom. The molecule has 7 nitrogen and oxygen atoms in total. The standard InChI is InChI=1S/C21H30N6O/c1-25-7-5-17(6-8-25)21(28)27-9-3-16(4-10-27)11-18-12-22-13-19(24-18)20-14-23-15-26(20)2/h12-17H,3-11H2,1-2H3. The van der Waals surface area contributed by atoms with E-state index in [9.17, 15) is 4.79 Å². The number of imidazole rings is 1. The lowest BCUT2D eigenvalue weighted by atomic mass is 9.90. The van der Waals surface area contributed by atoms with Crippen LogP contribution in [0.25, 0.3) is 11.4 Å². The molecule has 0 saturated carbocycles. The molecule has 2 saturated heterocycles. The molecule has 4 heterocycles. The predicted molar refractivity (Wildman–Crippen MR) is 107 cm³/mol. The van der Waals surface area contributed by atoms with Crippen LogP contribution in [0.4, 0.5) is 0 Å². The van der Waals surface area contributed by atoms with Gasteiger partial charge in [-0.25, -0.2) is 9.97 Å². The van der Waals surface area contributed by atoms with E-state index in [2.05, 4.69) is 26.8 Å². The molecule has 1 amide bonds. The number of hydrogen-bond acceptors (Lipinski definition) is 5. The molecular weight excluding hydrogens is 352 g/mol. The maximum absolute atomic E-state index is 12.8. The molecule has 150 valence electrons. The van der Waals surface area contributed by atoms with E-state index in [0.717, 1.165) is 75.4 Å². The Balaban J connectivity index is 1.31. The first kappa shape index (κ1) is 19.1. The molecule has 28 heavy (non-hydrogen) atoms. The molecule has 0 atom stereocenters. The molecule has 2 aliphatic heterocycles. The van der Waals surface area contributed by atoms with Crippen LogP contribution in [0.1, 0.15) is 31.4 Å². The van der Waals surface area contributed by atoms with Crippen molar-refractivity contribution in [3.05, 3.63) is 30.6 Å². The summed E-state index contributed by atoms with van der Waals surface area (Å²) in [7, 11) is 4.10. The maximum atomic E-state index is 12.8. The third kappa shape index (κ3) is 4.24. The summed E-state index contributed by atoms with van der Waals surface area (Å²) >= 11 is 0. The fourth-order valence-electron chi connectivity index (χ4n) is 4.40. The molecule has 4 rings (SSSR count). The monoisotopic (exact) mass is 382 g/mol. The molecule has 0 radical (unpaired) electrons. The average Bonchev–Trinajstić information content (AvgIpc) is 3.15. The summed E-state index contributed by atoms with van der Waals surface area (Å²) in [5, 5.41) is 0. The van der Waals surface area contributed by atoms with Crippen molar-refractivity contribution in [3.63, 3.8) is 0 Å². The molecule has 2 fully saturated rings. The van der Waals surface area contributed by atoms with E-state index >= 15 is 0 Å². The van der Waals surface area contributed by atoms with Gasteiger partial charge in [0.25, 0.3) is 0 Å². The SMILES string of the molecule is CN1CCC(C(=O)N2CCC(Cc3cncc(-c4cncn4C)n3)CC2)CC1. The van der Waals surface area contributed by atoms with E-state index in [4.69, 9.17) is 4.98 Å². The van der Waals surface area contributed by atoms with Crippen molar-refractivity contribution in [2.24, 2.45) is 18.9 Å². The van der Waals surface area contributed by atoms with Gasteiger partial charge in [0.05, 0.1) is 30.1 Å². The summed E-state index contributed by atoms with van der Waals surface area (Å²) in [6.07, 6.45) is 12.3. The lowest BCUT2D eigenvalue weighted by Gasteiger charge is -2.36. The zero-order chi connectivity index (χ0) is 19.5. The fraction of sp³-hybridized carbons (Fsp3) is 0.619. The number of aryl methyl sites for hydroxylation is 1. The molecular formula is C21H30N6O. The second kappa shape index (κ2) is 8.39. The van der Waals surface area contributed by atoms with Crippen molar-refractivity contribution >= 4 is 5.91 Å². The molecule has 0 aliphatic carbocycles. The van der Waals surface area contributed by atoms with E-state index in [-0.39, 0.29) is 5.92 Å². The van der Waals surface area contributed by atoms with Gasteiger partial charge in [0.2, 0.25) is 5.91 Å². The van der Waals surface area contributed by atoms with Crippen LogP contribution < -0.4 is 0 Å². The molecule has 2 aromatic rings. The highest BCUT2D eigenvalue weighted by Crippen LogP contribution is 2.25. The van der Waals surface area contributed by atoms with Crippen molar-refractivity contribution in [2.75, 3.05) is 33.2 Å². The Bertz CT molecular complexity index is 803. The van der Waals surface area contributed by atoms with Crippen LogP contribution in [0.5, 0.6) is 0 Å². The summed E-state index contributed by atoms with van der Waals surface area (Å²) in [5.74, 6) is 1.18. The number of amides is 1. The van der Waals surface area contributed by atoms with Crippen molar-refractivity contribution < 1.29 is 4.79 Å². The predicted octanol–water partition coefficient (Wildman–Crippen LogP) is 2.00. The number of carbonyl (C=O) groups excluding carboxylic acids is 1. The zero-order valence-corrected chi connectivity index (χ0v) is 16.9. The third-order valence-electron chi connectivity index (χ3n) is 6.26. The Morgan fingerprint density at radius 2 is 1.75 bits per heavy atom. The Labute approximate surface area is 166 Å². The van der Waals surface area contributed by atoms with Crippen molar-refractivity contribution in [2.45, 2.75) is 32.1 Å². The number of hydrogen-bond donors (Lipinski definition) is 0. The molecule has 2 aliphatic rings. The van der Waals surface area contributed by atoms with Gasteiger partial charge in [-0.2, -0.15) is 0 Å². The fourth-order valence-corrected chi connectivity index (χ4v) is 4.40. The molecule has 0 spiro atoms. The number of aromatic nitrogens is 4. The molecule has 7 heteroatoms. The summed E-state index contributed by atoms with van der Waals surface area (Å²) < 4.78 is 1.96. The quantitative estimate of drug-likeness (QED) is 0.809. The summed E-state index contributed by atoms with van der Waals surface area (Å²) in [6, 6.07) is 0. The molecule has 0 bridgehead atoms. The molecule has 2 aromatic heterocycles. The maximum Gasteiger partial charge on any atom is 0.225 e. The van der Waals surface area contributed by atoms with Crippen molar-refractivity contribution in [1.29, 1.82) is 0 Å². The van der Waals surface area contributed by atoms with Crippen molar-refractivity contribution in [1.82, 2.24) is 29.3 Å². The van der Waals surface area contributed by atoms with E-state index in [1.807, 2.05) is 24.0 Å². The zero-order valence-electron chi connectivity index (χ0n) is 16.9. The Kier molecular flexibility index (Phi) is 5.71. The van der Waals surface area contributed by atoms with Gasteiger partial charge in [0.1, 0.15) is 5.69 Å². The van der Waals surface area contributed by atoms with Crippen LogP contribution in [-0.4, -0.2) is 68.5 Å².